The van der Waals surface area contributed by atoms with Gasteiger partial charge in [-0.15, -0.1) is 0 Å². The number of aromatic nitrogens is 2. The summed E-state index contributed by atoms with van der Waals surface area (Å²) in [5, 5.41) is 7.11. The first kappa shape index (κ1) is 14.5. The molecule has 1 aromatic rings. The summed E-state index contributed by atoms with van der Waals surface area (Å²) < 4.78 is 28.3. The van der Waals surface area contributed by atoms with Crippen LogP contribution >= 0.6 is 0 Å². The van der Waals surface area contributed by atoms with Gasteiger partial charge in [0.25, 0.3) is 0 Å². The summed E-state index contributed by atoms with van der Waals surface area (Å²) in [6.45, 7) is 6.82. The lowest BCUT2D eigenvalue weighted by molar-refractivity contribution is 0.345. The Hall–Kier alpha value is -0.950. The van der Waals surface area contributed by atoms with Gasteiger partial charge in [0, 0.05) is 25.4 Å². The van der Waals surface area contributed by atoms with Gasteiger partial charge in [0.2, 0.25) is 5.89 Å². The summed E-state index contributed by atoms with van der Waals surface area (Å²) in [5.74, 6) is 1.54. The molecule has 1 aromatic heterocycles. The quantitative estimate of drug-likeness (QED) is 0.875. The normalized spacial score (nSPS) is 23.4. The minimum atomic E-state index is -2.93. The second-order valence-electron chi connectivity index (χ2n) is 6.31. The maximum atomic E-state index is 11.5. The summed E-state index contributed by atoms with van der Waals surface area (Å²) in [7, 11) is -2.93. The number of rotatable bonds is 3. The Morgan fingerprint density at radius 2 is 2.16 bits per heavy atom. The van der Waals surface area contributed by atoms with Gasteiger partial charge in [0.15, 0.2) is 15.7 Å². The molecule has 1 aliphatic rings. The van der Waals surface area contributed by atoms with Gasteiger partial charge in [-0.2, -0.15) is 4.98 Å². The van der Waals surface area contributed by atoms with Crippen molar-refractivity contribution < 1.29 is 12.9 Å². The van der Waals surface area contributed by atoms with Crippen LogP contribution in [0.15, 0.2) is 4.52 Å². The number of sulfone groups is 1. The Bertz CT molecular complexity index is 531. The van der Waals surface area contributed by atoms with Gasteiger partial charge in [0.1, 0.15) is 0 Å². The van der Waals surface area contributed by atoms with Crippen molar-refractivity contribution >= 4 is 9.84 Å². The van der Waals surface area contributed by atoms with Crippen molar-refractivity contribution in [2.24, 2.45) is 5.41 Å². The second kappa shape index (κ2) is 5.20. The van der Waals surface area contributed by atoms with Gasteiger partial charge in [-0.3, -0.25) is 0 Å². The number of nitrogens with one attached hydrogen (secondary N) is 1. The summed E-state index contributed by atoms with van der Waals surface area (Å²) in [5.41, 5.74) is 0.105. The zero-order valence-electron chi connectivity index (χ0n) is 11.6. The first-order valence-corrected chi connectivity index (χ1v) is 8.31. The third-order valence-electron chi connectivity index (χ3n) is 2.92. The molecule has 1 atom stereocenters. The lowest BCUT2D eigenvalue weighted by atomic mass is 9.92. The molecule has 2 heterocycles. The van der Waals surface area contributed by atoms with Crippen LogP contribution in [0.2, 0.25) is 0 Å². The van der Waals surface area contributed by atoms with E-state index in [-0.39, 0.29) is 23.0 Å². The highest BCUT2D eigenvalue weighted by atomic mass is 32.2. The van der Waals surface area contributed by atoms with Crippen LogP contribution in [-0.2, 0) is 22.7 Å². The van der Waals surface area contributed by atoms with Gasteiger partial charge in [-0.05, 0) is 5.41 Å². The molecule has 0 spiro atoms. The van der Waals surface area contributed by atoms with Gasteiger partial charge < -0.3 is 9.84 Å². The monoisotopic (exact) mass is 287 g/mol. The minimum absolute atomic E-state index is 0.105. The molecule has 1 aliphatic heterocycles. The van der Waals surface area contributed by atoms with Crippen molar-refractivity contribution in [3.63, 3.8) is 0 Å². The topological polar surface area (TPSA) is 85.1 Å². The van der Waals surface area contributed by atoms with Crippen molar-refractivity contribution in [2.75, 3.05) is 18.1 Å². The molecule has 6 nitrogen and oxygen atoms in total. The van der Waals surface area contributed by atoms with Gasteiger partial charge in [-0.1, -0.05) is 25.9 Å². The first-order chi connectivity index (χ1) is 8.73. The van der Waals surface area contributed by atoms with E-state index in [2.05, 4.69) is 36.2 Å². The molecule has 0 amide bonds. The van der Waals surface area contributed by atoms with Crippen molar-refractivity contribution in [2.45, 2.75) is 39.7 Å². The molecular weight excluding hydrogens is 266 g/mol. The van der Waals surface area contributed by atoms with Crippen molar-refractivity contribution in [1.29, 1.82) is 0 Å². The molecule has 0 radical (unpaired) electrons. The Labute approximate surface area is 113 Å². The van der Waals surface area contributed by atoms with E-state index in [1.54, 1.807) is 0 Å². The smallest absolute Gasteiger partial charge is 0.228 e. The summed E-state index contributed by atoms with van der Waals surface area (Å²) in [4.78, 5) is 4.32. The van der Waals surface area contributed by atoms with Crippen LogP contribution in [0.3, 0.4) is 0 Å². The molecule has 1 N–H and O–H groups in total. The molecule has 0 saturated carbocycles. The molecule has 108 valence electrons. The molecule has 1 saturated heterocycles. The molecule has 1 unspecified atom stereocenters. The summed E-state index contributed by atoms with van der Waals surface area (Å²) in [6, 6.07) is -0.123. The maximum Gasteiger partial charge on any atom is 0.228 e. The van der Waals surface area contributed by atoms with Crippen molar-refractivity contribution in [1.82, 2.24) is 15.5 Å². The van der Waals surface area contributed by atoms with Crippen LogP contribution in [-0.4, -0.2) is 42.7 Å². The van der Waals surface area contributed by atoms with Crippen molar-refractivity contribution in [3.05, 3.63) is 11.7 Å². The zero-order chi connectivity index (χ0) is 14.1. The number of nitrogens with zero attached hydrogens (tertiary/aromatic N) is 2. The Morgan fingerprint density at radius 1 is 1.42 bits per heavy atom. The Kier molecular flexibility index (Phi) is 3.96. The van der Waals surface area contributed by atoms with Crippen molar-refractivity contribution in [3.8, 4) is 0 Å². The highest BCUT2D eigenvalue weighted by molar-refractivity contribution is 7.91. The van der Waals surface area contributed by atoms with Gasteiger partial charge in [-0.25, -0.2) is 8.42 Å². The fraction of sp³-hybridized carbons (Fsp3) is 0.833. The standard InChI is InChI=1S/C12H21N3O3S/c1-12(2,3)7-10-14-11(18-15-10)6-9-8-19(16,17)5-4-13-9/h9,13H,4-8H2,1-3H3. The fourth-order valence-electron chi connectivity index (χ4n) is 2.13. The highest BCUT2D eigenvalue weighted by Crippen LogP contribution is 2.19. The molecule has 19 heavy (non-hydrogen) atoms. The third kappa shape index (κ3) is 4.58. The molecule has 0 bridgehead atoms. The minimum Gasteiger partial charge on any atom is -0.339 e. The number of hydrogen-bond acceptors (Lipinski definition) is 6. The molecule has 7 heteroatoms. The predicted molar refractivity (Wildman–Crippen MR) is 71.6 cm³/mol. The highest BCUT2D eigenvalue weighted by Gasteiger charge is 2.26. The zero-order valence-corrected chi connectivity index (χ0v) is 12.5. The lowest BCUT2D eigenvalue weighted by Crippen LogP contribution is -2.46. The van der Waals surface area contributed by atoms with E-state index in [9.17, 15) is 8.42 Å². The predicted octanol–water partition coefficient (Wildman–Crippen LogP) is 0.587. The largest absolute Gasteiger partial charge is 0.339 e. The van der Waals surface area contributed by atoms with Crippen LogP contribution < -0.4 is 5.32 Å². The second-order valence-corrected chi connectivity index (χ2v) is 8.54. The van der Waals surface area contributed by atoms with Gasteiger partial charge >= 0.3 is 0 Å². The summed E-state index contributed by atoms with van der Waals surface area (Å²) in [6.07, 6.45) is 1.21. The van der Waals surface area contributed by atoms with E-state index in [1.807, 2.05) is 0 Å². The lowest BCUT2D eigenvalue weighted by Gasteiger charge is -2.22. The Balaban J connectivity index is 1.96. The van der Waals surface area contributed by atoms with Gasteiger partial charge in [0.05, 0.1) is 11.5 Å². The van der Waals surface area contributed by atoms with Crippen LogP contribution in [0.25, 0.3) is 0 Å². The molecule has 0 aromatic carbocycles. The third-order valence-corrected chi connectivity index (χ3v) is 4.66. The van der Waals surface area contributed by atoms with E-state index in [0.717, 1.165) is 6.42 Å². The van der Waals surface area contributed by atoms with Crippen LogP contribution in [0.4, 0.5) is 0 Å². The van der Waals surface area contributed by atoms with E-state index in [4.69, 9.17) is 4.52 Å². The molecule has 1 fully saturated rings. The van der Waals surface area contributed by atoms with E-state index in [0.29, 0.717) is 24.7 Å². The molecule has 2 rings (SSSR count). The Morgan fingerprint density at radius 3 is 2.79 bits per heavy atom. The van der Waals surface area contributed by atoms with Crippen LogP contribution in [0, 0.1) is 5.41 Å². The molecule has 0 aliphatic carbocycles. The summed E-state index contributed by atoms with van der Waals surface area (Å²) >= 11 is 0. The first-order valence-electron chi connectivity index (χ1n) is 6.49. The molecular formula is C12H21N3O3S. The average molecular weight is 287 g/mol. The van der Waals surface area contributed by atoms with E-state index >= 15 is 0 Å². The SMILES string of the molecule is CC(C)(C)Cc1noc(CC2CS(=O)(=O)CCN2)n1. The van der Waals surface area contributed by atoms with Crippen LogP contribution in [0.5, 0.6) is 0 Å². The maximum absolute atomic E-state index is 11.5. The van der Waals surface area contributed by atoms with Crippen LogP contribution in [0.1, 0.15) is 32.5 Å². The van der Waals surface area contributed by atoms with E-state index in [1.165, 1.54) is 0 Å². The van der Waals surface area contributed by atoms with E-state index < -0.39 is 9.84 Å². The number of hydrogen-bond donors (Lipinski definition) is 1. The average Bonchev–Trinajstić information content (AvgIpc) is 2.61. The fourth-order valence-corrected chi connectivity index (χ4v) is 3.57.